The van der Waals surface area contributed by atoms with Gasteiger partial charge in [-0.3, -0.25) is 14.4 Å². The molecule has 4 saturated carbocycles. The van der Waals surface area contributed by atoms with Gasteiger partial charge in [-0.15, -0.1) is 0 Å². The van der Waals surface area contributed by atoms with Crippen molar-refractivity contribution in [1.29, 1.82) is 0 Å². The zero-order chi connectivity index (χ0) is 29.1. The summed E-state index contributed by atoms with van der Waals surface area (Å²) in [6.45, 7) is 7.53. The summed E-state index contributed by atoms with van der Waals surface area (Å²) in [5.41, 5.74) is 2.75. The number of rotatable bonds is 6. The molecule has 0 spiro atoms. The number of carbonyl (C=O) groups excluding carboxylic acids is 3. The summed E-state index contributed by atoms with van der Waals surface area (Å²) in [5, 5.41) is 7.94. The molecular weight excluding hydrogens is 516 g/mol. The van der Waals surface area contributed by atoms with Crippen LogP contribution in [-0.2, 0) is 14.4 Å². The van der Waals surface area contributed by atoms with E-state index >= 15 is 0 Å². The smallest absolute Gasteiger partial charge is 0.347 e. The first-order valence-electron chi connectivity index (χ1n) is 16.2. The highest BCUT2D eigenvalue weighted by molar-refractivity contribution is 5.91. The van der Waals surface area contributed by atoms with Crippen molar-refractivity contribution in [3.63, 3.8) is 0 Å². The van der Waals surface area contributed by atoms with Crippen LogP contribution in [-0.4, -0.2) is 72.1 Å². The zero-order valence-corrected chi connectivity index (χ0v) is 25.8. The maximum absolute atomic E-state index is 13.3. The number of hydrogen-bond acceptors (Lipinski definition) is 6. The molecule has 226 valence electrons. The highest BCUT2D eigenvalue weighted by Crippen LogP contribution is 2.66. The Kier molecular flexibility index (Phi) is 7.61. The fraction of sp³-hybridized carbons (Fsp3) is 0.818. The average Bonchev–Trinajstić information content (AvgIpc) is 3.56. The molecule has 0 bridgehead atoms. The molecule has 0 aromatic rings. The largest absolute Gasteiger partial charge is 0.436 e. The van der Waals surface area contributed by atoms with Crippen molar-refractivity contribution in [3.05, 3.63) is 11.6 Å². The number of oxime groups is 1. The lowest BCUT2D eigenvalue weighted by atomic mass is 9.46. The number of hydrogen-bond donors (Lipinski definition) is 1. The van der Waals surface area contributed by atoms with Crippen molar-refractivity contribution in [2.45, 2.75) is 116 Å². The van der Waals surface area contributed by atoms with Crippen LogP contribution < -0.4 is 5.32 Å². The Balaban J connectivity index is 1.09. The Labute approximate surface area is 245 Å². The van der Waals surface area contributed by atoms with Crippen molar-refractivity contribution in [2.24, 2.45) is 39.7 Å². The van der Waals surface area contributed by atoms with Gasteiger partial charge in [-0.1, -0.05) is 24.6 Å². The topological polar surface area (TPSA) is 91.3 Å². The van der Waals surface area contributed by atoms with Gasteiger partial charge in [0.05, 0.1) is 11.8 Å². The van der Waals surface area contributed by atoms with Gasteiger partial charge >= 0.3 is 6.09 Å². The maximum Gasteiger partial charge on any atom is 0.436 e. The Morgan fingerprint density at radius 1 is 1.00 bits per heavy atom. The Hall–Kier alpha value is -2.22. The first kappa shape index (κ1) is 28.9. The molecule has 5 aliphatic carbocycles. The normalized spacial score (nSPS) is 40.3. The number of nitrogens with one attached hydrogen (secondary N) is 1. The highest BCUT2D eigenvalue weighted by atomic mass is 16.7. The van der Waals surface area contributed by atoms with E-state index in [4.69, 9.17) is 4.84 Å². The van der Waals surface area contributed by atoms with Crippen LogP contribution in [0, 0.1) is 34.5 Å². The van der Waals surface area contributed by atoms with E-state index in [0.717, 1.165) is 50.7 Å². The Bertz CT molecular complexity index is 1140. The molecule has 6 rings (SSSR count). The summed E-state index contributed by atoms with van der Waals surface area (Å²) >= 11 is 0. The summed E-state index contributed by atoms with van der Waals surface area (Å²) in [4.78, 5) is 46.9. The first-order chi connectivity index (χ1) is 19.5. The van der Waals surface area contributed by atoms with Crippen molar-refractivity contribution in [3.8, 4) is 0 Å². The second kappa shape index (κ2) is 10.8. The molecule has 0 radical (unpaired) electrons. The van der Waals surface area contributed by atoms with E-state index in [1.54, 1.807) is 19.0 Å². The van der Waals surface area contributed by atoms with Gasteiger partial charge in [-0.2, -0.15) is 0 Å². The number of carbonyl (C=O) groups is 3. The molecule has 1 N–H and O–H groups in total. The van der Waals surface area contributed by atoms with Crippen LogP contribution in [0.1, 0.15) is 97.8 Å². The maximum atomic E-state index is 13.3. The number of allylic oxidation sites excluding steroid dienone is 1. The van der Waals surface area contributed by atoms with E-state index in [1.165, 1.54) is 31.3 Å². The van der Waals surface area contributed by atoms with Crippen molar-refractivity contribution >= 4 is 23.5 Å². The summed E-state index contributed by atoms with van der Waals surface area (Å²) in [7, 11) is 3.57. The Morgan fingerprint density at radius 2 is 1.78 bits per heavy atom. The fourth-order valence-electron chi connectivity index (χ4n) is 9.94. The average molecular weight is 567 g/mol. The third kappa shape index (κ3) is 5.16. The summed E-state index contributed by atoms with van der Waals surface area (Å²) in [5.74, 6) is 2.80. The standard InChI is InChI=1S/C33H50N4O4/c1-20(35-41-31(40)37(23-8-9-23)19-22-7-13-29(34-22)30(39)36(4)5)26-11-12-27-25-10-6-21-18-24(38)14-16-32(21,2)28(25)15-17-33(26,27)3/h18,22-23,25-29,34H,6-17,19H2,1-5H3/b35-20+/t22?,25-,26+,27-,28-,29?,32-,33+/m0/s1. The first-order valence-corrected chi connectivity index (χ1v) is 16.2. The Morgan fingerprint density at radius 3 is 2.51 bits per heavy atom. The molecule has 8 nitrogen and oxygen atoms in total. The second-order valence-corrected chi connectivity index (χ2v) is 14.8. The van der Waals surface area contributed by atoms with E-state index in [2.05, 4.69) is 31.2 Å². The van der Waals surface area contributed by atoms with Crippen molar-refractivity contribution in [1.82, 2.24) is 15.1 Å². The van der Waals surface area contributed by atoms with Crippen LogP contribution in [0.15, 0.2) is 16.8 Å². The summed E-state index contributed by atoms with van der Waals surface area (Å²) in [6, 6.07) is 0.143. The van der Waals surface area contributed by atoms with E-state index in [1.807, 2.05) is 11.0 Å². The molecule has 0 aromatic heterocycles. The number of amides is 2. The number of nitrogens with zero attached hydrogens (tertiary/aromatic N) is 3. The lowest BCUT2D eigenvalue weighted by Crippen LogP contribution is -2.51. The van der Waals surface area contributed by atoms with Crippen LogP contribution >= 0.6 is 0 Å². The lowest BCUT2D eigenvalue weighted by molar-refractivity contribution is -0.130. The monoisotopic (exact) mass is 566 g/mol. The van der Waals surface area contributed by atoms with E-state index in [-0.39, 0.29) is 41.0 Å². The molecule has 1 aliphatic heterocycles. The predicted octanol–water partition coefficient (Wildman–Crippen LogP) is 5.32. The van der Waals surface area contributed by atoms with Gasteiger partial charge in [0.15, 0.2) is 5.78 Å². The van der Waals surface area contributed by atoms with Crippen LogP contribution in [0.5, 0.6) is 0 Å². The predicted molar refractivity (Wildman–Crippen MR) is 158 cm³/mol. The van der Waals surface area contributed by atoms with Gasteiger partial charge in [-0.25, -0.2) is 4.79 Å². The molecule has 2 unspecified atom stereocenters. The van der Waals surface area contributed by atoms with Crippen molar-refractivity contribution < 1.29 is 19.2 Å². The number of fused-ring (bicyclic) bond motifs is 5. The molecule has 8 heteroatoms. The fourth-order valence-corrected chi connectivity index (χ4v) is 9.94. The van der Waals surface area contributed by atoms with Gasteiger partial charge in [0, 0.05) is 45.1 Å². The summed E-state index contributed by atoms with van der Waals surface area (Å²) < 4.78 is 0. The SMILES string of the molecule is C/C(=N\OC(=O)N(CC1CCC(C(=O)N(C)C)N1)C1CC1)[C@H]1CC[C@H]2[C@@H]3CCC4=CC(=O)CC[C@]4(C)[C@H]3CC[C@]12C. The molecule has 8 atom stereocenters. The lowest BCUT2D eigenvalue weighted by Gasteiger charge is -2.58. The van der Waals surface area contributed by atoms with E-state index in [9.17, 15) is 14.4 Å². The van der Waals surface area contributed by atoms with Crippen molar-refractivity contribution in [2.75, 3.05) is 20.6 Å². The molecule has 5 fully saturated rings. The minimum Gasteiger partial charge on any atom is -0.347 e. The zero-order valence-electron chi connectivity index (χ0n) is 25.8. The molecule has 6 aliphatic rings. The third-order valence-electron chi connectivity index (χ3n) is 12.4. The van der Waals surface area contributed by atoms with E-state index < -0.39 is 0 Å². The third-order valence-corrected chi connectivity index (χ3v) is 12.4. The van der Waals surface area contributed by atoms with Gasteiger partial charge < -0.3 is 15.1 Å². The van der Waals surface area contributed by atoms with Crippen LogP contribution in [0.25, 0.3) is 0 Å². The van der Waals surface area contributed by atoms with Crippen LogP contribution in [0.2, 0.25) is 0 Å². The molecule has 41 heavy (non-hydrogen) atoms. The minimum absolute atomic E-state index is 0.0961. The quantitative estimate of drug-likeness (QED) is 0.267. The molecular formula is C33H50N4O4. The minimum atomic E-state index is -0.356. The van der Waals surface area contributed by atoms with Gasteiger partial charge in [0.2, 0.25) is 5.91 Å². The van der Waals surface area contributed by atoms with E-state index in [0.29, 0.717) is 42.4 Å². The number of likely N-dealkylation sites (N-methyl/N-ethyl adjacent to an activating group) is 1. The van der Waals surface area contributed by atoms with Gasteiger partial charge in [-0.05, 0) is 112 Å². The molecule has 0 aromatic carbocycles. The summed E-state index contributed by atoms with van der Waals surface area (Å²) in [6.07, 6.45) is 14.0. The van der Waals surface area contributed by atoms with Crippen LogP contribution in [0.3, 0.4) is 0 Å². The molecule has 1 heterocycles. The second-order valence-electron chi connectivity index (χ2n) is 14.8. The number of ketones is 1. The van der Waals surface area contributed by atoms with Gasteiger partial charge in [0.25, 0.3) is 0 Å². The highest BCUT2D eigenvalue weighted by Gasteiger charge is 2.59. The van der Waals surface area contributed by atoms with Gasteiger partial charge in [0.1, 0.15) is 0 Å². The molecule has 1 saturated heterocycles. The van der Waals surface area contributed by atoms with Crippen LogP contribution in [0.4, 0.5) is 4.79 Å². The molecule has 2 amide bonds.